The van der Waals surface area contributed by atoms with E-state index in [9.17, 15) is 18.8 Å². The van der Waals surface area contributed by atoms with Crippen LogP contribution >= 0.6 is 0 Å². The number of rotatable bonds is 6. The van der Waals surface area contributed by atoms with Crippen molar-refractivity contribution in [3.8, 4) is 11.4 Å². The molecule has 2 N–H and O–H groups in total. The van der Waals surface area contributed by atoms with Crippen LogP contribution in [0.25, 0.3) is 11.4 Å². The van der Waals surface area contributed by atoms with Crippen molar-refractivity contribution in [3.05, 3.63) is 47.5 Å². The molecule has 3 amide bonds. The summed E-state index contributed by atoms with van der Waals surface area (Å²) in [6.45, 7) is 6.57. The van der Waals surface area contributed by atoms with Crippen molar-refractivity contribution in [2.24, 2.45) is 5.73 Å². The van der Waals surface area contributed by atoms with Crippen LogP contribution in [-0.4, -0.2) is 87.1 Å². The van der Waals surface area contributed by atoms with Gasteiger partial charge in [-0.05, 0) is 64.7 Å². The van der Waals surface area contributed by atoms with Gasteiger partial charge >= 0.3 is 6.09 Å². The second kappa shape index (κ2) is 11.0. The molecule has 4 rings (SSSR count). The monoisotopic (exact) mass is 526 g/mol. The topological polar surface area (TPSA) is 122 Å². The first-order valence-electron chi connectivity index (χ1n) is 12.9. The first kappa shape index (κ1) is 27.4. The standard InChI is InChI=1S/C27H35FN6O4/c1-27(2,3)38-26(37)33-11-9-20(10-12-33)34(19-6-7-19)25(36)18-14-30-23(31-15-18)21-8-5-17(13-22(21)28)24(35)32(4)16-29/h5,8,13-15,19-20H,6-7,9-12,16,29H2,1-4H3. The van der Waals surface area contributed by atoms with Crippen LogP contribution in [0.5, 0.6) is 0 Å². The number of halogens is 1. The molecule has 1 aromatic heterocycles. The van der Waals surface area contributed by atoms with Gasteiger partial charge in [0.2, 0.25) is 0 Å². The van der Waals surface area contributed by atoms with E-state index < -0.39 is 17.3 Å². The number of amides is 3. The third kappa shape index (κ3) is 6.27. The number of nitrogens with zero attached hydrogens (tertiary/aromatic N) is 5. The van der Waals surface area contributed by atoms with Crippen LogP contribution in [0.15, 0.2) is 30.6 Å². The lowest BCUT2D eigenvalue weighted by molar-refractivity contribution is 0.0142. The number of benzene rings is 1. The van der Waals surface area contributed by atoms with Crippen LogP contribution in [0.2, 0.25) is 0 Å². The minimum atomic E-state index is -0.642. The van der Waals surface area contributed by atoms with Crippen molar-refractivity contribution in [1.82, 2.24) is 24.7 Å². The van der Waals surface area contributed by atoms with Gasteiger partial charge in [0.25, 0.3) is 11.8 Å². The largest absolute Gasteiger partial charge is 0.444 e. The summed E-state index contributed by atoms with van der Waals surface area (Å²) in [6, 6.07) is 4.23. The molecule has 1 aromatic carbocycles. The molecule has 204 valence electrons. The van der Waals surface area contributed by atoms with Crippen molar-refractivity contribution in [3.63, 3.8) is 0 Å². The summed E-state index contributed by atoms with van der Waals surface area (Å²) < 4.78 is 20.3. The summed E-state index contributed by atoms with van der Waals surface area (Å²) in [5.41, 5.74) is 5.55. The molecule has 0 unspecified atom stereocenters. The number of hydrogen-bond acceptors (Lipinski definition) is 7. The zero-order chi connectivity index (χ0) is 27.6. The Labute approximate surface area is 222 Å². The third-order valence-electron chi connectivity index (χ3n) is 6.66. The second-order valence-electron chi connectivity index (χ2n) is 10.8. The molecule has 1 aliphatic carbocycles. The molecule has 0 atom stereocenters. The van der Waals surface area contributed by atoms with Crippen molar-refractivity contribution >= 4 is 17.9 Å². The van der Waals surface area contributed by atoms with E-state index in [2.05, 4.69) is 9.97 Å². The minimum absolute atomic E-state index is 0.00235. The molecule has 38 heavy (non-hydrogen) atoms. The molecule has 2 aliphatic rings. The summed E-state index contributed by atoms with van der Waals surface area (Å²) >= 11 is 0. The molecule has 11 heteroatoms. The van der Waals surface area contributed by atoms with Gasteiger partial charge in [0.05, 0.1) is 17.8 Å². The molecule has 1 aliphatic heterocycles. The fourth-order valence-corrected chi connectivity index (χ4v) is 4.49. The quantitative estimate of drug-likeness (QED) is 0.573. The van der Waals surface area contributed by atoms with E-state index in [-0.39, 0.29) is 47.7 Å². The number of aromatic nitrogens is 2. The molecule has 0 spiro atoms. The molecule has 1 saturated carbocycles. The number of carbonyl (C=O) groups is 3. The zero-order valence-corrected chi connectivity index (χ0v) is 22.3. The number of likely N-dealkylation sites (tertiary alicyclic amines) is 1. The zero-order valence-electron chi connectivity index (χ0n) is 22.3. The molecule has 10 nitrogen and oxygen atoms in total. The van der Waals surface area contributed by atoms with Crippen molar-refractivity contribution in [2.75, 3.05) is 26.8 Å². The smallest absolute Gasteiger partial charge is 0.410 e. The SMILES string of the molecule is CN(CN)C(=O)c1ccc(-c2ncc(C(=O)N(C3CC3)C3CCN(C(=O)OC(C)(C)C)CC3)cn2)c(F)c1. The average molecular weight is 527 g/mol. The molecule has 1 saturated heterocycles. The highest BCUT2D eigenvalue weighted by Gasteiger charge is 2.40. The van der Waals surface area contributed by atoms with E-state index in [1.165, 1.54) is 36.5 Å². The predicted octanol–water partition coefficient (Wildman–Crippen LogP) is 3.28. The van der Waals surface area contributed by atoms with Gasteiger partial charge in [0.1, 0.15) is 11.4 Å². The lowest BCUT2D eigenvalue weighted by Crippen LogP contribution is -2.50. The molecule has 2 aromatic rings. The third-order valence-corrected chi connectivity index (χ3v) is 6.66. The Balaban J connectivity index is 1.44. The van der Waals surface area contributed by atoms with Crippen LogP contribution < -0.4 is 5.73 Å². The van der Waals surface area contributed by atoms with E-state index in [1.54, 1.807) is 4.90 Å². The molecule has 0 radical (unpaired) electrons. The average Bonchev–Trinajstić information content (AvgIpc) is 3.72. The second-order valence-corrected chi connectivity index (χ2v) is 10.8. The Bertz CT molecular complexity index is 1190. The van der Waals surface area contributed by atoms with Crippen molar-refractivity contribution in [2.45, 2.75) is 64.1 Å². The number of nitrogens with two attached hydrogens (primary N) is 1. The first-order valence-corrected chi connectivity index (χ1v) is 12.9. The summed E-state index contributed by atoms with van der Waals surface area (Å²) in [4.78, 5) is 51.5. The van der Waals surface area contributed by atoms with Crippen LogP contribution in [-0.2, 0) is 4.74 Å². The first-order chi connectivity index (χ1) is 18.0. The highest BCUT2D eigenvalue weighted by atomic mass is 19.1. The maximum Gasteiger partial charge on any atom is 0.410 e. The van der Waals surface area contributed by atoms with Gasteiger partial charge in [-0.3, -0.25) is 9.59 Å². The minimum Gasteiger partial charge on any atom is -0.444 e. The molecular formula is C27H35FN6O4. The molecule has 2 fully saturated rings. The lowest BCUT2D eigenvalue weighted by Gasteiger charge is -2.39. The number of piperidine rings is 1. The van der Waals surface area contributed by atoms with Gasteiger partial charge in [-0.2, -0.15) is 0 Å². The van der Waals surface area contributed by atoms with Crippen LogP contribution in [0.4, 0.5) is 9.18 Å². The summed E-state index contributed by atoms with van der Waals surface area (Å²) in [5.74, 6) is -1.08. The van der Waals surface area contributed by atoms with Gasteiger partial charge in [0.15, 0.2) is 5.82 Å². The van der Waals surface area contributed by atoms with E-state index in [1.807, 2.05) is 25.7 Å². The van der Waals surface area contributed by atoms with Crippen LogP contribution in [0, 0.1) is 5.82 Å². The summed E-state index contributed by atoms with van der Waals surface area (Å²) in [7, 11) is 1.53. The fourth-order valence-electron chi connectivity index (χ4n) is 4.49. The van der Waals surface area contributed by atoms with Gasteiger partial charge in [-0.25, -0.2) is 19.2 Å². The lowest BCUT2D eigenvalue weighted by atomic mass is 10.0. The molecule has 0 bridgehead atoms. The highest BCUT2D eigenvalue weighted by molar-refractivity contribution is 5.95. The Morgan fingerprint density at radius 1 is 1.03 bits per heavy atom. The number of ether oxygens (including phenoxy) is 1. The Hall–Kier alpha value is -3.60. The molecule has 2 heterocycles. The predicted molar refractivity (Wildman–Crippen MR) is 139 cm³/mol. The Morgan fingerprint density at radius 2 is 1.63 bits per heavy atom. The Morgan fingerprint density at radius 3 is 2.16 bits per heavy atom. The fraction of sp³-hybridized carbons (Fsp3) is 0.519. The van der Waals surface area contributed by atoms with Crippen LogP contribution in [0.3, 0.4) is 0 Å². The normalized spacial score (nSPS) is 16.2. The van der Waals surface area contributed by atoms with E-state index >= 15 is 0 Å². The Kier molecular flexibility index (Phi) is 7.96. The highest BCUT2D eigenvalue weighted by Crippen LogP contribution is 2.33. The van der Waals surface area contributed by atoms with Crippen LogP contribution in [0.1, 0.15) is 67.2 Å². The van der Waals surface area contributed by atoms with Crippen molar-refractivity contribution < 1.29 is 23.5 Å². The van der Waals surface area contributed by atoms with Gasteiger partial charge < -0.3 is 25.2 Å². The summed E-state index contributed by atoms with van der Waals surface area (Å²) in [6.07, 6.45) is 5.69. The van der Waals surface area contributed by atoms with Gasteiger partial charge in [-0.15, -0.1) is 0 Å². The molecular weight excluding hydrogens is 491 g/mol. The maximum atomic E-state index is 14.8. The van der Waals surface area contributed by atoms with Crippen molar-refractivity contribution in [1.29, 1.82) is 0 Å². The van der Waals surface area contributed by atoms with Gasteiger partial charge in [-0.1, -0.05) is 0 Å². The summed E-state index contributed by atoms with van der Waals surface area (Å²) in [5, 5.41) is 0. The number of hydrogen-bond donors (Lipinski definition) is 1. The number of carbonyl (C=O) groups excluding carboxylic acids is 3. The maximum absolute atomic E-state index is 14.8. The van der Waals surface area contributed by atoms with E-state index in [0.717, 1.165) is 18.9 Å². The van der Waals surface area contributed by atoms with E-state index in [0.29, 0.717) is 31.5 Å². The van der Waals surface area contributed by atoms with Gasteiger partial charge in [0, 0.05) is 50.2 Å². The van der Waals surface area contributed by atoms with E-state index in [4.69, 9.17) is 10.5 Å².